The van der Waals surface area contributed by atoms with E-state index in [1.54, 1.807) is 48.5 Å². The Kier molecular flexibility index (Phi) is 8.29. The fourth-order valence-corrected chi connectivity index (χ4v) is 4.36. The van der Waals surface area contributed by atoms with Gasteiger partial charge in [0.25, 0.3) is 11.2 Å². The van der Waals surface area contributed by atoms with Gasteiger partial charge in [-0.1, -0.05) is 24.3 Å². The first-order valence-electron chi connectivity index (χ1n) is 12.9. The number of aromatic nitrogens is 2. The number of ether oxygens (including phenoxy) is 3. The maximum absolute atomic E-state index is 13.5. The third-order valence-electron chi connectivity index (χ3n) is 6.54. The van der Waals surface area contributed by atoms with Crippen molar-refractivity contribution in [2.24, 2.45) is 5.10 Å². The van der Waals surface area contributed by atoms with Crippen molar-refractivity contribution in [2.45, 2.75) is 12.8 Å². The summed E-state index contributed by atoms with van der Waals surface area (Å²) in [6.07, 6.45) is -3.28. The Morgan fingerprint density at radius 1 is 0.955 bits per heavy atom. The van der Waals surface area contributed by atoms with E-state index in [0.29, 0.717) is 16.6 Å². The number of non-ortho nitro benzene ring substituents is 1. The van der Waals surface area contributed by atoms with Crippen LogP contribution in [0.1, 0.15) is 16.7 Å². The molecule has 0 fully saturated rings. The number of benzene rings is 4. The number of rotatable bonds is 9. The lowest BCUT2D eigenvalue weighted by Gasteiger charge is -2.15. The molecular formula is C31H23F3N4O6. The number of para-hydroxylation sites is 1. The molecule has 0 N–H and O–H groups in total. The van der Waals surface area contributed by atoms with Crippen LogP contribution in [0.25, 0.3) is 22.3 Å². The van der Waals surface area contributed by atoms with Gasteiger partial charge in [0.05, 0.1) is 41.8 Å². The van der Waals surface area contributed by atoms with Crippen LogP contribution in [0.4, 0.5) is 18.9 Å². The van der Waals surface area contributed by atoms with Gasteiger partial charge in [0.1, 0.15) is 6.61 Å². The van der Waals surface area contributed by atoms with Gasteiger partial charge in [0.15, 0.2) is 17.3 Å². The summed E-state index contributed by atoms with van der Waals surface area (Å²) in [5.41, 5.74) is -0.108. The topological polar surface area (TPSA) is 118 Å². The van der Waals surface area contributed by atoms with Crippen molar-refractivity contribution in [2.75, 3.05) is 14.2 Å². The van der Waals surface area contributed by atoms with E-state index >= 15 is 0 Å². The molecule has 4 aromatic carbocycles. The summed E-state index contributed by atoms with van der Waals surface area (Å²) in [5, 5.41) is 15.5. The number of fused-ring (bicyclic) bond motifs is 1. The van der Waals surface area contributed by atoms with E-state index in [0.717, 1.165) is 16.8 Å². The monoisotopic (exact) mass is 604 g/mol. The predicted molar refractivity (Wildman–Crippen MR) is 156 cm³/mol. The molecule has 0 radical (unpaired) electrons. The minimum Gasteiger partial charge on any atom is -0.493 e. The minimum absolute atomic E-state index is 0.0463. The Hall–Kier alpha value is -5.72. The molecule has 10 nitrogen and oxygen atoms in total. The van der Waals surface area contributed by atoms with Gasteiger partial charge < -0.3 is 14.2 Å². The van der Waals surface area contributed by atoms with Gasteiger partial charge in [-0.05, 0) is 54.1 Å². The van der Waals surface area contributed by atoms with Gasteiger partial charge in [-0.3, -0.25) is 14.9 Å². The zero-order valence-electron chi connectivity index (χ0n) is 23.2. The molecule has 5 aromatic rings. The average molecular weight is 605 g/mol. The molecule has 1 heterocycles. The number of hydrogen-bond acceptors (Lipinski definition) is 8. The van der Waals surface area contributed by atoms with Crippen LogP contribution in [0, 0.1) is 10.1 Å². The highest BCUT2D eigenvalue weighted by Crippen LogP contribution is 2.39. The lowest BCUT2D eigenvalue weighted by atomic mass is 10.1. The van der Waals surface area contributed by atoms with Crippen molar-refractivity contribution in [3.63, 3.8) is 0 Å². The highest BCUT2D eigenvalue weighted by molar-refractivity contribution is 5.84. The number of nitrogens with zero attached hydrogens (tertiary/aromatic N) is 4. The predicted octanol–water partition coefficient (Wildman–Crippen LogP) is 6.47. The van der Waals surface area contributed by atoms with Crippen LogP contribution >= 0.6 is 0 Å². The average Bonchev–Trinajstić information content (AvgIpc) is 3.02. The molecule has 0 aliphatic rings. The third kappa shape index (κ3) is 6.21. The Morgan fingerprint density at radius 2 is 1.64 bits per heavy atom. The van der Waals surface area contributed by atoms with E-state index in [2.05, 4.69) is 10.1 Å². The molecule has 224 valence electrons. The Labute approximate surface area is 247 Å². The molecule has 5 rings (SSSR count). The molecule has 0 bridgehead atoms. The number of halogens is 3. The van der Waals surface area contributed by atoms with Crippen LogP contribution in [0.5, 0.6) is 17.2 Å². The van der Waals surface area contributed by atoms with Crippen LogP contribution in [0.15, 0.2) is 94.8 Å². The Morgan fingerprint density at radius 3 is 2.27 bits per heavy atom. The van der Waals surface area contributed by atoms with E-state index in [-0.39, 0.29) is 46.3 Å². The lowest BCUT2D eigenvalue weighted by molar-refractivity contribution is -0.384. The molecular weight excluding hydrogens is 581 g/mol. The maximum atomic E-state index is 13.5. The van der Waals surface area contributed by atoms with Crippen molar-refractivity contribution in [1.82, 2.24) is 9.66 Å². The second-order valence-electron chi connectivity index (χ2n) is 9.36. The molecule has 0 atom stereocenters. The van der Waals surface area contributed by atoms with Crippen molar-refractivity contribution in [3.8, 4) is 28.6 Å². The molecule has 0 aliphatic carbocycles. The van der Waals surface area contributed by atoms with Gasteiger partial charge in [0.2, 0.25) is 5.75 Å². The van der Waals surface area contributed by atoms with E-state index in [1.807, 2.05) is 0 Å². The quantitative estimate of drug-likeness (QED) is 0.108. The van der Waals surface area contributed by atoms with Crippen LogP contribution in [-0.4, -0.2) is 35.0 Å². The van der Waals surface area contributed by atoms with Crippen molar-refractivity contribution in [1.29, 1.82) is 0 Å². The Bertz CT molecular complexity index is 1910. The summed E-state index contributed by atoms with van der Waals surface area (Å²) in [7, 11) is 2.83. The van der Waals surface area contributed by atoms with Gasteiger partial charge in [-0.25, -0.2) is 4.98 Å². The highest BCUT2D eigenvalue weighted by atomic mass is 19.4. The standard InChI is InChI=1S/C31H23F3N4O6/c1-42-26-14-20(15-27(43-2)28(26)44-18-19-10-12-23(13-11-19)38(40)41)17-35-37-29(21-6-5-7-22(16-21)31(32,33)34)36-25-9-4-3-8-24(25)30(37)39/h3-17H,18H2,1-2H3. The number of alkyl halides is 3. The van der Waals surface area contributed by atoms with Gasteiger partial charge in [0, 0.05) is 23.3 Å². The van der Waals surface area contributed by atoms with E-state index in [4.69, 9.17) is 14.2 Å². The van der Waals surface area contributed by atoms with Crippen molar-refractivity contribution >= 4 is 22.8 Å². The smallest absolute Gasteiger partial charge is 0.416 e. The minimum atomic E-state index is -4.60. The van der Waals surface area contributed by atoms with E-state index in [9.17, 15) is 28.1 Å². The maximum Gasteiger partial charge on any atom is 0.416 e. The van der Waals surface area contributed by atoms with Crippen molar-refractivity contribution < 1.29 is 32.3 Å². The van der Waals surface area contributed by atoms with E-state index < -0.39 is 22.2 Å². The lowest BCUT2D eigenvalue weighted by Crippen LogP contribution is -2.20. The number of methoxy groups -OCH3 is 2. The first kappa shape index (κ1) is 29.8. The summed E-state index contributed by atoms with van der Waals surface area (Å²) < 4.78 is 58.3. The number of nitro groups is 1. The third-order valence-corrected chi connectivity index (χ3v) is 6.54. The SMILES string of the molecule is COc1cc(C=Nn2c(-c3cccc(C(F)(F)F)c3)nc3ccccc3c2=O)cc(OC)c1OCc1ccc([N+](=O)[O-])cc1. The van der Waals surface area contributed by atoms with E-state index in [1.165, 1.54) is 44.7 Å². The molecule has 0 amide bonds. The zero-order valence-corrected chi connectivity index (χ0v) is 23.2. The van der Waals surface area contributed by atoms with Gasteiger partial charge in [-0.2, -0.15) is 22.9 Å². The summed E-state index contributed by atoms with van der Waals surface area (Å²) in [4.78, 5) is 28.4. The summed E-state index contributed by atoms with van der Waals surface area (Å²) in [6, 6.07) is 19.9. The second-order valence-corrected chi connectivity index (χ2v) is 9.36. The van der Waals surface area contributed by atoms with Crippen LogP contribution < -0.4 is 19.8 Å². The highest BCUT2D eigenvalue weighted by Gasteiger charge is 2.31. The fourth-order valence-electron chi connectivity index (χ4n) is 4.36. The second kappa shape index (κ2) is 12.3. The zero-order chi connectivity index (χ0) is 31.4. The molecule has 0 unspecified atom stereocenters. The first-order valence-corrected chi connectivity index (χ1v) is 12.9. The number of hydrogen-bond donors (Lipinski definition) is 0. The summed E-state index contributed by atoms with van der Waals surface area (Å²) in [6.45, 7) is 0.0522. The first-order chi connectivity index (χ1) is 21.1. The van der Waals surface area contributed by atoms with Crippen molar-refractivity contribution in [3.05, 3.63) is 122 Å². The molecule has 0 saturated heterocycles. The van der Waals surface area contributed by atoms with Crippen LogP contribution in [-0.2, 0) is 12.8 Å². The normalized spacial score (nSPS) is 11.6. The van der Waals surface area contributed by atoms with Gasteiger partial charge >= 0.3 is 6.18 Å². The largest absolute Gasteiger partial charge is 0.493 e. The summed E-state index contributed by atoms with van der Waals surface area (Å²) >= 11 is 0. The molecule has 0 saturated carbocycles. The number of nitro benzene ring substituents is 1. The van der Waals surface area contributed by atoms with Gasteiger partial charge in [-0.15, -0.1) is 0 Å². The molecule has 0 aliphatic heterocycles. The molecule has 1 aromatic heterocycles. The fraction of sp³-hybridized carbons (Fsp3) is 0.129. The molecule has 0 spiro atoms. The Balaban J connectivity index is 1.53. The molecule has 13 heteroatoms. The van der Waals surface area contributed by atoms with Crippen LogP contribution in [0.3, 0.4) is 0 Å². The van der Waals surface area contributed by atoms with Crippen LogP contribution in [0.2, 0.25) is 0 Å². The summed E-state index contributed by atoms with van der Waals surface area (Å²) in [5.74, 6) is 0.683. The molecule has 44 heavy (non-hydrogen) atoms.